The summed E-state index contributed by atoms with van der Waals surface area (Å²) in [4.78, 5) is 37.8. The minimum Gasteiger partial charge on any atom is -0.383 e. The molecular formula is C13H13N3O4. The van der Waals surface area contributed by atoms with Gasteiger partial charge in [-0.25, -0.2) is 4.79 Å². The second-order valence-electron chi connectivity index (χ2n) is 4.61. The van der Waals surface area contributed by atoms with E-state index in [9.17, 15) is 14.4 Å². The summed E-state index contributed by atoms with van der Waals surface area (Å²) < 4.78 is 4.95. The Labute approximate surface area is 114 Å². The van der Waals surface area contributed by atoms with E-state index in [1.165, 1.54) is 12.0 Å². The van der Waals surface area contributed by atoms with E-state index in [-0.39, 0.29) is 13.2 Å². The van der Waals surface area contributed by atoms with Crippen molar-refractivity contribution in [3.05, 3.63) is 29.8 Å². The van der Waals surface area contributed by atoms with Gasteiger partial charge in [-0.3, -0.25) is 19.8 Å². The fourth-order valence-corrected chi connectivity index (χ4v) is 2.72. The largest absolute Gasteiger partial charge is 0.383 e. The van der Waals surface area contributed by atoms with Gasteiger partial charge in [0.2, 0.25) is 5.54 Å². The number of imide groups is 1. The van der Waals surface area contributed by atoms with Crippen LogP contribution in [0.4, 0.5) is 10.5 Å². The maximum atomic E-state index is 12.4. The van der Waals surface area contributed by atoms with E-state index in [4.69, 9.17) is 4.74 Å². The number of fused-ring (bicyclic) bond motifs is 2. The predicted molar refractivity (Wildman–Crippen MR) is 68.9 cm³/mol. The molecule has 4 amide bonds. The number of rotatable bonds is 3. The van der Waals surface area contributed by atoms with Crippen molar-refractivity contribution in [2.24, 2.45) is 0 Å². The molecule has 0 radical (unpaired) electrons. The quantitative estimate of drug-likeness (QED) is 0.602. The summed E-state index contributed by atoms with van der Waals surface area (Å²) >= 11 is 0. The Morgan fingerprint density at radius 3 is 2.60 bits per heavy atom. The van der Waals surface area contributed by atoms with E-state index in [0.29, 0.717) is 11.3 Å². The summed E-state index contributed by atoms with van der Waals surface area (Å²) in [6.45, 7) is 0.383. The van der Waals surface area contributed by atoms with Crippen LogP contribution in [0.15, 0.2) is 24.3 Å². The molecule has 20 heavy (non-hydrogen) atoms. The number of amides is 4. The molecule has 3 rings (SSSR count). The number of nitrogens with zero attached hydrogens (tertiary/aromatic N) is 1. The van der Waals surface area contributed by atoms with E-state index in [1.54, 1.807) is 24.3 Å². The number of ether oxygens (including phenoxy) is 1. The lowest BCUT2D eigenvalue weighted by Crippen LogP contribution is -2.52. The number of nitrogens with one attached hydrogen (secondary N) is 2. The van der Waals surface area contributed by atoms with Crippen molar-refractivity contribution >= 4 is 23.5 Å². The second-order valence-corrected chi connectivity index (χ2v) is 4.61. The molecule has 1 saturated heterocycles. The zero-order valence-corrected chi connectivity index (χ0v) is 10.8. The average molecular weight is 275 g/mol. The number of methoxy groups -OCH3 is 1. The number of carbonyl (C=O) groups excluding carboxylic acids is 3. The highest BCUT2D eigenvalue weighted by Gasteiger charge is 2.63. The number of hydrogen-bond donors (Lipinski definition) is 2. The number of para-hydroxylation sites is 1. The van der Waals surface area contributed by atoms with Crippen LogP contribution in [-0.2, 0) is 19.9 Å². The van der Waals surface area contributed by atoms with Gasteiger partial charge in [0.05, 0.1) is 6.61 Å². The first-order valence-electron chi connectivity index (χ1n) is 6.15. The van der Waals surface area contributed by atoms with Gasteiger partial charge in [-0.2, -0.15) is 0 Å². The molecule has 2 N–H and O–H groups in total. The van der Waals surface area contributed by atoms with E-state index < -0.39 is 23.4 Å². The Hall–Kier alpha value is -2.41. The molecule has 0 aromatic heterocycles. The van der Waals surface area contributed by atoms with Gasteiger partial charge in [0.15, 0.2) is 0 Å². The molecule has 0 unspecified atom stereocenters. The van der Waals surface area contributed by atoms with Crippen LogP contribution in [0.2, 0.25) is 0 Å². The number of carbonyl (C=O) groups is 3. The molecule has 104 valence electrons. The highest BCUT2D eigenvalue weighted by molar-refractivity contribution is 6.26. The third-order valence-electron chi connectivity index (χ3n) is 3.61. The number of urea groups is 1. The van der Waals surface area contributed by atoms with E-state index >= 15 is 0 Å². The summed E-state index contributed by atoms with van der Waals surface area (Å²) in [6.07, 6.45) is 0. The second kappa shape index (κ2) is 4.31. The molecule has 0 saturated carbocycles. The molecule has 7 nitrogen and oxygen atoms in total. The maximum Gasteiger partial charge on any atom is 0.325 e. The SMILES string of the molecule is COCCN1C(=O)NC(=O)[C@@]12C(=O)Nc1ccccc12. The Bertz CT molecular complexity index is 615. The number of benzene rings is 1. The Morgan fingerprint density at radius 1 is 1.15 bits per heavy atom. The smallest absolute Gasteiger partial charge is 0.325 e. The van der Waals surface area contributed by atoms with Crippen molar-refractivity contribution in [2.75, 3.05) is 25.6 Å². The first kappa shape index (κ1) is 12.6. The normalized spacial score (nSPS) is 24.1. The number of hydrogen-bond acceptors (Lipinski definition) is 4. The summed E-state index contributed by atoms with van der Waals surface area (Å²) in [7, 11) is 1.49. The van der Waals surface area contributed by atoms with Crippen LogP contribution in [0.1, 0.15) is 5.56 Å². The molecule has 2 aliphatic rings. The first-order valence-corrected chi connectivity index (χ1v) is 6.15. The van der Waals surface area contributed by atoms with Gasteiger partial charge >= 0.3 is 6.03 Å². The topological polar surface area (TPSA) is 87.7 Å². The molecule has 1 atom stereocenters. The van der Waals surface area contributed by atoms with Crippen molar-refractivity contribution in [1.29, 1.82) is 0 Å². The summed E-state index contributed by atoms with van der Waals surface area (Å²) in [5.74, 6) is -1.14. The van der Waals surface area contributed by atoms with E-state index in [1.807, 2.05) is 0 Å². The minimum absolute atomic E-state index is 0.149. The summed E-state index contributed by atoms with van der Waals surface area (Å²) in [5.41, 5.74) is -0.583. The zero-order chi connectivity index (χ0) is 14.3. The van der Waals surface area contributed by atoms with Crippen molar-refractivity contribution in [3.8, 4) is 0 Å². The van der Waals surface area contributed by atoms with Crippen LogP contribution < -0.4 is 10.6 Å². The fourth-order valence-electron chi connectivity index (χ4n) is 2.72. The summed E-state index contributed by atoms with van der Waals surface area (Å²) in [5, 5.41) is 4.86. The van der Waals surface area contributed by atoms with Crippen LogP contribution in [0, 0.1) is 0 Å². The lowest BCUT2D eigenvalue weighted by atomic mass is 9.90. The van der Waals surface area contributed by atoms with E-state index in [0.717, 1.165) is 0 Å². The molecular weight excluding hydrogens is 262 g/mol. The van der Waals surface area contributed by atoms with Crippen molar-refractivity contribution in [1.82, 2.24) is 10.2 Å². The predicted octanol–water partition coefficient (Wildman–Crippen LogP) is 0.0322. The number of anilines is 1. The van der Waals surface area contributed by atoms with Gasteiger partial charge < -0.3 is 10.1 Å². The Morgan fingerprint density at radius 2 is 1.85 bits per heavy atom. The Kier molecular flexibility index (Phi) is 2.72. The van der Waals surface area contributed by atoms with Gasteiger partial charge in [0.25, 0.3) is 11.8 Å². The molecule has 2 heterocycles. The van der Waals surface area contributed by atoms with Gasteiger partial charge in [-0.15, -0.1) is 0 Å². The first-order chi connectivity index (χ1) is 9.62. The van der Waals surface area contributed by atoms with Crippen LogP contribution in [0.5, 0.6) is 0 Å². The molecule has 1 fully saturated rings. The van der Waals surface area contributed by atoms with Crippen molar-refractivity contribution in [2.45, 2.75) is 5.54 Å². The zero-order valence-electron chi connectivity index (χ0n) is 10.8. The maximum absolute atomic E-state index is 12.4. The molecule has 0 aliphatic carbocycles. The Balaban J connectivity index is 2.15. The van der Waals surface area contributed by atoms with E-state index in [2.05, 4.69) is 10.6 Å². The lowest BCUT2D eigenvalue weighted by Gasteiger charge is -2.29. The van der Waals surface area contributed by atoms with Crippen LogP contribution in [0.25, 0.3) is 0 Å². The highest BCUT2D eigenvalue weighted by atomic mass is 16.5. The molecule has 7 heteroatoms. The molecule has 0 bridgehead atoms. The molecule has 1 aromatic carbocycles. The lowest BCUT2D eigenvalue weighted by molar-refractivity contribution is -0.137. The molecule has 1 aromatic rings. The van der Waals surface area contributed by atoms with Gasteiger partial charge in [-0.1, -0.05) is 18.2 Å². The van der Waals surface area contributed by atoms with Crippen LogP contribution in [0.3, 0.4) is 0 Å². The van der Waals surface area contributed by atoms with Gasteiger partial charge in [0, 0.05) is 24.9 Å². The minimum atomic E-state index is -1.62. The van der Waals surface area contributed by atoms with Gasteiger partial charge in [0.1, 0.15) is 0 Å². The summed E-state index contributed by atoms with van der Waals surface area (Å²) in [6, 6.07) is 6.27. The molecule has 1 spiro atoms. The van der Waals surface area contributed by atoms with Crippen LogP contribution >= 0.6 is 0 Å². The highest BCUT2D eigenvalue weighted by Crippen LogP contribution is 2.42. The van der Waals surface area contributed by atoms with Crippen molar-refractivity contribution < 1.29 is 19.1 Å². The van der Waals surface area contributed by atoms with Crippen LogP contribution in [-0.4, -0.2) is 43.0 Å². The fraction of sp³-hybridized carbons (Fsp3) is 0.308. The van der Waals surface area contributed by atoms with Crippen molar-refractivity contribution in [3.63, 3.8) is 0 Å². The standard InChI is InChI=1S/C13H13N3O4/c1-20-7-6-16-12(19)15-11(18)13(16)8-4-2-3-5-9(8)14-10(13)17/h2-5H,6-7H2,1H3,(H,14,17)(H,15,18,19)/t13-/m1/s1. The monoisotopic (exact) mass is 275 g/mol. The third kappa shape index (κ3) is 1.41. The third-order valence-corrected chi connectivity index (χ3v) is 3.61. The average Bonchev–Trinajstić information content (AvgIpc) is 2.86. The molecule has 2 aliphatic heterocycles. The van der Waals surface area contributed by atoms with Gasteiger partial charge in [-0.05, 0) is 6.07 Å².